The highest BCUT2D eigenvalue weighted by Crippen LogP contribution is 2.44. The summed E-state index contributed by atoms with van der Waals surface area (Å²) in [4.78, 5) is 2.78. The van der Waals surface area contributed by atoms with Crippen LogP contribution < -0.4 is 0 Å². The van der Waals surface area contributed by atoms with Gasteiger partial charge in [-0.3, -0.25) is 4.90 Å². The summed E-state index contributed by atoms with van der Waals surface area (Å²) in [6.45, 7) is 9.98. The molecule has 1 heteroatoms. The quantitative estimate of drug-likeness (QED) is 0.653. The van der Waals surface area contributed by atoms with E-state index in [-0.39, 0.29) is 0 Å². The van der Waals surface area contributed by atoms with Gasteiger partial charge in [-0.15, -0.1) is 0 Å². The maximum Gasteiger partial charge on any atom is 0.0172 e. The summed E-state index contributed by atoms with van der Waals surface area (Å²) < 4.78 is 0. The highest BCUT2D eigenvalue weighted by molar-refractivity contribution is 4.95. The number of piperidine rings is 1. The minimum absolute atomic E-state index is 0.485. The van der Waals surface area contributed by atoms with Crippen molar-refractivity contribution in [1.29, 1.82) is 0 Å². The van der Waals surface area contributed by atoms with Crippen LogP contribution in [0.25, 0.3) is 0 Å². The first kappa shape index (κ1) is 10.5. The molecule has 1 aliphatic heterocycles. The second kappa shape index (κ2) is 3.84. The summed E-state index contributed by atoms with van der Waals surface area (Å²) in [5, 5.41) is 0. The lowest BCUT2D eigenvalue weighted by molar-refractivity contribution is 0.0642. The molecule has 1 aliphatic carbocycles. The van der Waals surface area contributed by atoms with E-state index in [1.807, 2.05) is 0 Å². The molecule has 82 valence electrons. The number of nitrogens with zero attached hydrogens (tertiary/aromatic N) is 1. The second-order valence-corrected chi connectivity index (χ2v) is 6.24. The van der Waals surface area contributed by atoms with Crippen LogP contribution in [0.5, 0.6) is 0 Å². The van der Waals surface area contributed by atoms with Crippen LogP contribution in [-0.4, -0.2) is 24.0 Å². The largest absolute Gasteiger partial charge is 0.300 e. The molecule has 0 aromatic rings. The van der Waals surface area contributed by atoms with Crippen molar-refractivity contribution in [3.8, 4) is 0 Å². The maximum atomic E-state index is 2.78. The zero-order chi connectivity index (χ0) is 10.2. The fourth-order valence-corrected chi connectivity index (χ4v) is 3.16. The summed E-state index contributed by atoms with van der Waals surface area (Å²) in [5.41, 5.74) is 0.485. The van der Waals surface area contributed by atoms with E-state index in [4.69, 9.17) is 0 Å². The van der Waals surface area contributed by atoms with E-state index in [1.54, 1.807) is 0 Å². The lowest BCUT2D eigenvalue weighted by atomic mass is 9.82. The van der Waals surface area contributed by atoms with Crippen molar-refractivity contribution in [2.24, 2.45) is 11.3 Å². The van der Waals surface area contributed by atoms with Gasteiger partial charge in [-0.05, 0) is 50.1 Å². The topological polar surface area (TPSA) is 3.24 Å². The van der Waals surface area contributed by atoms with Crippen LogP contribution in [-0.2, 0) is 0 Å². The van der Waals surface area contributed by atoms with Gasteiger partial charge in [0.1, 0.15) is 0 Å². The van der Waals surface area contributed by atoms with E-state index < -0.39 is 0 Å². The Morgan fingerprint density at radius 2 is 1.57 bits per heavy atom. The first-order valence-electron chi connectivity index (χ1n) is 6.33. The number of rotatable bonds is 2. The van der Waals surface area contributed by atoms with Crippen LogP contribution in [0, 0.1) is 11.3 Å². The SMILES string of the molecule is CC(C)(C)C(C1CC1)N1CCCCC1. The van der Waals surface area contributed by atoms with Gasteiger partial charge < -0.3 is 0 Å². The van der Waals surface area contributed by atoms with Gasteiger partial charge in [0.2, 0.25) is 0 Å². The summed E-state index contributed by atoms with van der Waals surface area (Å²) in [6, 6.07) is 0.864. The smallest absolute Gasteiger partial charge is 0.0172 e. The van der Waals surface area contributed by atoms with E-state index in [2.05, 4.69) is 25.7 Å². The molecule has 1 heterocycles. The highest BCUT2D eigenvalue weighted by Gasteiger charge is 2.42. The van der Waals surface area contributed by atoms with Crippen LogP contribution in [0.3, 0.4) is 0 Å². The van der Waals surface area contributed by atoms with E-state index in [9.17, 15) is 0 Å². The minimum Gasteiger partial charge on any atom is -0.300 e. The first-order chi connectivity index (χ1) is 6.59. The third-order valence-corrected chi connectivity index (χ3v) is 3.74. The molecule has 1 atom stereocenters. The summed E-state index contributed by atoms with van der Waals surface area (Å²) >= 11 is 0. The maximum absolute atomic E-state index is 2.78. The fourth-order valence-electron chi connectivity index (χ4n) is 3.16. The van der Waals surface area contributed by atoms with Crippen molar-refractivity contribution < 1.29 is 0 Å². The average Bonchev–Trinajstić information content (AvgIpc) is 2.88. The third kappa shape index (κ3) is 2.31. The molecule has 0 aromatic heterocycles. The number of likely N-dealkylation sites (tertiary alicyclic amines) is 1. The number of hydrogen-bond acceptors (Lipinski definition) is 1. The highest BCUT2D eigenvalue weighted by atomic mass is 15.2. The van der Waals surface area contributed by atoms with Crippen LogP contribution in [0.2, 0.25) is 0 Å². The summed E-state index contributed by atoms with van der Waals surface area (Å²) in [5.74, 6) is 1.02. The normalized spacial score (nSPS) is 27.6. The van der Waals surface area contributed by atoms with Gasteiger partial charge in [0.25, 0.3) is 0 Å². The zero-order valence-corrected chi connectivity index (χ0v) is 10.1. The molecule has 0 spiro atoms. The lowest BCUT2D eigenvalue weighted by Crippen LogP contribution is -2.47. The van der Waals surface area contributed by atoms with Gasteiger partial charge >= 0.3 is 0 Å². The molecule has 1 saturated carbocycles. The van der Waals surface area contributed by atoms with E-state index in [1.165, 1.54) is 45.2 Å². The van der Waals surface area contributed by atoms with E-state index in [0.717, 1.165) is 12.0 Å². The summed E-state index contributed by atoms with van der Waals surface area (Å²) in [6.07, 6.45) is 7.29. The van der Waals surface area contributed by atoms with Crippen LogP contribution in [0.4, 0.5) is 0 Å². The van der Waals surface area contributed by atoms with E-state index >= 15 is 0 Å². The molecule has 1 nitrogen and oxygen atoms in total. The Morgan fingerprint density at radius 1 is 1.00 bits per heavy atom. The van der Waals surface area contributed by atoms with Crippen molar-refractivity contribution in [3.63, 3.8) is 0 Å². The van der Waals surface area contributed by atoms with Crippen LogP contribution in [0.1, 0.15) is 52.9 Å². The van der Waals surface area contributed by atoms with Crippen molar-refractivity contribution >= 4 is 0 Å². The molecule has 0 bridgehead atoms. The molecular weight excluding hydrogens is 170 g/mol. The lowest BCUT2D eigenvalue weighted by Gasteiger charge is -2.42. The molecule has 0 N–H and O–H groups in total. The summed E-state index contributed by atoms with van der Waals surface area (Å²) in [7, 11) is 0. The van der Waals surface area contributed by atoms with Gasteiger partial charge in [0.05, 0.1) is 0 Å². The standard InChI is InChI=1S/C13H25N/c1-13(2,3)12(11-7-8-11)14-9-5-4-6-10-14/h11-12H,4-10H2,1-3H3. The Labute approximate surface area is 88.9 Å². The first-order valence-corrected chi connectivity index (χ1v) is 6.33. The monoisotopic (exact) mass is 195 g/mol. The third-order valence-electron chi connectivity index (χ3n) is 3.74. The molecule has 14 heavy (non-hydrogen) atoms. The van der Waals surface area contributed by atoms with Gasteiger partial charge in [-0.2, -0.15) is 0 Å². The fraction of sp³-hybridized carbons (Fsp3) is 1.00. The molecule has 0 radical (unpaired) electrons. The molecule has 1 unspecified atom stereocenters. The zero-order valence-electron chi connectivity index (χ0n) is 10.1. The number of hydrogen-bond donors (Lipinski definition) is 0. The minimum atomic E-state index is 0.485. The Balaban J connectivity index is 2.01. The molecule has 1 saturated heterocycles. The van der Waals surface area contributed by atoms with E-state index in [0.29, 0.717) is 5.41 Å². The predicted molar refractivity (Wildman–Crippen MR) is 61.4 cm³/mol. The molecule has 2 fully saturated rings. The van der Waals surface area contributed by atoms with Crippen molar-refractivity contribution in [2.45, 2.75) is 58.9 Å². The predicted octanol–water partition coefficient (Wildman–Crippen LogP) is 3.30. The molecule has 2 rings (SSSR count). The van der Waals surface area contributed by atoms with Crippen molar-refractivity contribution in [3.05, 3.63) is 0 Å². The van der Waals surface area contributed by atoms with Gasteiger partial charge in [0.15, 0.2) is 0 Å². The van der Waals surface area contributed by atoms with Crippen molar-refractivity contribution in [1.82, 2.24) is 4.90 Å². The van der Waals surface area contributed by atoms with Crippen LogP contribution >= 0.6 is 0 Å². The molecule has 0 aromatic carbocycles. The molecule has 0 amide bonds. The van der Waals surface area contributed by atoms with Gasteiger partial charge in [0, 0.05) is 6.04 Å². The molecule has 2 aliphatic rings. The Morgan fingerprint density at radius 3 is 2.00 bits per heavy atom. The Bertz CT molecular complexity index is 182. The second-order valence-electron chi connectivity index (χ2n) is 6.24. The van der Waals surface area contributed by atoms with Gasteiger partial charge in [-0.25, -0.2) is 0 Å². The Hall–Kier alpha value is -0.0400. The molecular formula is C13H25N. The van der Waals surface area contributed by atoms with Gasteiger partial charge in [-0.1, -0.05) is 27.2 Å². The van der Waals surface area contributed by atoms with Crippen LogP contribution in [0.15, 0.2) is 0 Å². The Kier molecular flexibility index (Phi) is 2.88. The average molecular weight is 195 g/mol. The van der Waals surface area contributed by atoms with Crippen molar-refractivity contribution in [2.75, 3.05) is 13.1 Å².